The van der Waals surface area contributed by atoms with Crippen LogP contribution in [0.2, 0.25) is 0 Å². The minimum atomic E-state index is 0. The lowest BCUT2D eigenvalue weighted by atomic mass is 9.96. The Morgan fingerprint density at radius 3 is 2.71 bits per heavy atom. The first-order valence-electron chi connectivity index (χ1n) is 9.85. The topological polar surface area (TPSA) is 78.4 Å². The molecule has 0 radical (unpaired) electrons. The van der Waals surface area contributed by atoms with Crippen LogP contribution >= 0.6 is 24.0 Å². The van der Waals surface area contributed by atoms with E-state index in [1.54, 1.807) is 6.33 Å². The quantitative estimate of drug-likeness (QED) is 0.365. The molecule has 152 valence electrons. The highest BCUT2D eigenvalue weighted by atomic mass is 127. The molecule has 1 saturated carbocycles. The molecular formula is C20H29IN6O. The largest absolute Gasteiger partial charge is 0.493 e. The molecule has 1 aromatic heterocycles. The van der Waals surface area contributed by atoms with E-state index in [9.17, 15) is 0 Å². The summed E-state index contributed by atoms with van der Waals surface area (Å²) >= 11 is 0. The minimum absolute atomic E-state index is 0. The molecule has 0 spiro atoms. The van der Waals surface area contributed by atoms with Crippen LogP contribution in [0.4, 0.5) is 0 Å². The van der Waals surface area contributed by atoms with Crippen molar-refractivity contribution in [1.82, 2.24) is 25.4 Å². The Morgan fingerprint density at radius 2 is 2.04 bits per heavy atom. The average molecular weight is 496 g/mol. The molecule has 2 aromatic rings. The Hall–Kier alpha value is -1.84. The normalized spacial score (nSPS) is 17.9. The molecule has 4 rings (SSSR count). The van der Waals surface area contributed by atoms with Crippen molar-refractivity contribution < 1.29 is 4.74 Å². The van der Waals surface area contributed by atoms with Crippen LogP contribution in [0.25, 0.3) is 0 Å². The fourth-order valence-electron chi connectivity index (χ4n) is 3.57. The Morgan fingerprint density at radius 1 is 1.25 bits per heavy atom. The first-order chi connectivity index (χ1) is 13.3. The number of hydrogen-bond acceptors (Lipinski definition) is 4. The zero-order valence-corrected chi connectivity index (χ0v) is 18.6. The van der Waals surface area contributed by atoms with Gasteiger partial charge in [-0.3, -0.25) is 10.1 Å². The number of benzene rings is 1. The van der Waals surface area contributed by atoms with E-state index >= 15 is 0 Å². The molecule has 1 saturated heterocycles. The molecule has 0 atom stereocenters. The number of halogens is 1. The molecule has 2 heterocycles. The molecule has 1 aliphatic heterocycles. The van der Waals surface area contributed by atoms with E-state index in [2.05, 4.69) is 48.6 Å². The van der Waals surface area contributed by atoms with Crippen molar-refractivity contribution in [3.05, 3.63) is 42.0 Å². The van der Waals surface area contributed by atoms with Crippen LogP contribution in [0, 0.1) is 5.92 Å². The zero-order chi connectivity index (χ0) is 18.5. The van der Waals surface area contributed by atoms with Gasteiger partial charge in [-0.15, -0.1) is 24.0 Å². The van der Waals surface area contributed by atoms with Gasteiger partial charge in [-0.05, 0) is 37.7 Å². The number of aromatic nitrogens is 3. The number of ether oxygens (including phenoxy) is 1. The van der Waals surface area contributed by atoms with E-state index in [0.29, 0.717) is 5.92 Å². The summed E-state index contributed by atoms with van der Waals surface area (Å²) in [6, 6.07) is 8.28. The lowest BCUT2D eigenvalue weighted by molar-refractivity contribution is 0.293. The van der Waals surface area contributed by atoms with Gasteiger partial charge in [0.25, 0.3) is 0 Å². The molecule has 2 N–H and O–H groups in total. The van der Waals surface area contributed by atoms with Gasteiger partial charge in [0, 0.05) is 38.2 Å². The number of hydrogen-bond donors (Lipinski definition) is 2. The van der Waals surface area contributed by atoms with Crippen molar-refractivity contribution in [3.8, 4) is 5.75 Å². The fourth-order valence-corrected chi connectivity index (χ4v) is 3.57. The Balaban J connectivity index is 0.00000225. The van der Waals surface area contributed by atoms with Crippen LogP contribution in [-0.4, -0.2) is 52.8 Å². The number of guanidine groups is 1. The van der Waals surface area contributed by atoms with Crippen molar-refractivity contribution in [2.24, 2.45) is 10.9 Å². The molecule has 1 aliphatic carbocycles. The van der Waals surface area contributed by atoms with E-state index in [1.165, 1.54) is 18.4 Å². The van der Waals surface area contributed by atoms with Crippen molar-refractivity contribution in [2.45, 2.75) is 38.1 Å². The van der Waals surface area contributed by atoms with Gasteiger partial charge in [-0.2, -0.15) is 5.10 Å². The van der Waals surface area contributed by atoms with Crippen LogP contribution in [0.15, 0.2) is 35.6 Å². The van der Waals surface area contributed by atoms with Crippen LogP contribution in [-0.2, 0) is 6.54 Å². The summed E-state index contributed by atoms with van der Waals surface area (Å²) in [6.07, 6.45) is 6.30. The summed E-state index contributed by atoms with van der Waals surface area (Å²) in [6.45, 7) is 3.48. The van der Waals surface area contributed by atoms with Crippen LogP contribution in [0.1, 0.15) is 43.0 Å². The number of rotatable bonds is 6. The van der Waals surface area contributed by atoms with Gasteiger partial charge in [0.1, 0.15) is 17.9 Å². The van der Waals surface area contributed by atoms with Gasteiger partial charge in [-0.25, -0.2) is 4.98 Å². The van der Waals surface area contributed by atoms with Gasteiger partial charge in [0.2, 0.25) is 0 Å². The van der Waals surface area contributed by atoms with Gasteiger partial charge in [0.15, 0.2) is 5.96 Å². The van der Waals surface area contributed by atoms with Crippen molar-refractivity contribution >= 4 is 29.9 Å². The monoisotopic (exact) mass is 496 g/mol. The molecule has 2 aliphatic rings. The summed E-state index contributed by atoms with van der Waals surface area (Å²) in [5.74, 6) is 4.14. The fraction of sp³-hybridized carbons (Fsp3) is 0.550. The molecule has 7 nitrogen and oxygen atoms in total. The zero-order valence-electron chi connectivity index (χ0n) is 16.3. The number of nitrogens with zero attached hydrogens (tertiary/aromatic N) is 4. The van der Waals surface area contributed by atoms with Gasteiger partial charge < -0.3 is 15.0 Å². The Bertz CT molecular complexity index is 754. The standard InChI is InChI=1S/C20H28N6O.HI/c1-21-20(26-10-8-16(9-11-26)19-23-14-24-25-19)22-12-17-4-2-3-5-18(17)27-13-15-6-7-15;/h2-5,14-16H,6-13H2,1H3,(H,21,22)(H,23,24,25);1H. The predicted octanol–water partition coefficient (Wildman–Crippen LogP) is 3.17. The van der Waals surface area contributed by atoms with Crippen LogP contribution in [0.3, 0.4) is 0 Å². The molecular weight excluding hydrogens is 467 g/mol. The lowest BCUT2D eigenvalue weighted by Crippen LogP contribution is -2.45. The van der Waals surface area contributed by atoms with E-state index in [0.717, 1.165) is 62.5 Å². The number of piperidine rings is 1. The Kier molecular flexibility index (Phi) is 7.52. The summed E-state index contributed by atoms with van der Waals surface area (Å²) in [7, 11) is 1.85. The Labute approximate surface area is 183 Å². The van der Waals surface area contributed by atoms with E-state index in [4.69, 9.17) is 4.74 Å². The van der Waals surface area contributed by atoms with E-state index in [1.807, 2.05) is 13.1 Å². The number of aromatic amines is 1. The SMILES string of the molecule is CN=C(NCc1ccccc1OCC1CC1)N1CCC(c2ncn[nH]2)CC1.I. The molecule has 1 aromatic carbocycles. The smallest absolute Gasteiger partial charge is 0.193 e. The van der Waals surface area contributed by atoms with Crippen molar-refractivity contribution in [2.75, 3.05) is 26.7 Å². The first kappa shape index (κ1) is 20.9. The third-order valence-electron chi connectivity index (χ3n) is 5.41. The van der Waals surface area contributed by atoms with Crippen molar-refractivity contribution in [3.63, 3.8) is 0 Å². The van der Waals surface area contributed by atoms with Gasteiger partial charge in [0.05, 0.1) is 6.61 Å². The summed E-state index contributed by atoms with van der Waals surface area (Å²) in [5, 5.41) is 10.5. The maximum Gasteiger partial charge on any atom is 0.193 e. The van der Waals surface area contributed by atoms with Crippen molar-refractivity contribution in [1.29, 1.82) is 0 Å². The number of likely N-dealkylation sites (tertiary alicyclic amines) is 1. The highest BCUT2D eigenvalue weighted by Crippen LogP contribution is 2.30. The number of para-hydroxylation sites is 1. The molecule has 0 bridgehead atoms. The number of H-pyrrole nitrogens is 1. The highest BCUT2D eigenvalue weighted by Gasteiger charge is 2.25. The second-order valence-electron chi connectivity index (χ2n) is 7.39. The van der Waals surface area contributed by atoms with Crippen LogP contribution in [0.5, 0.6) is 5.75 Å². The van der Waals surface area contributed by atoms with Crippen LogP contribution < -0.4 is 10.1 Å². The molecule has 0 unspecified atom stereocenters. The van der Waals surface area contributed by atoms with Gasteiger partial charge >= 0.3 is 0 Å². The summed E-state index contributed by atoms with van der Waals surface area (Å²) in [4.78, 5) is 11.1. The van der Waals surface area contributed by atoms with E-state index in [-0.39, 0.29) is 24.0 Å². The van der Waals surface area contributed by atoms with E-state index < -0.39 is 0 Å². The molecule has 2 fully saturated rings. The molecule has 28 heavy (non-hydrogen) atoms. The second kappa shape index (κ2) is 10.1. The number of nitrogens with one attached hydrogen (secondary N) is 2. The highest BCUT2D eigenvalue weighted by molar-refractivity contribution is 14.0. The maximum atomic E-state index is 6.02. The number of aliphatic imine (C=N–C) groups is 1. The maximum absolute atomic E-state index is 6.02. The second-order valence-corrected chi connectivity index (χ2v) is 7.39. The minimum Gasteiger partial charge on any atom is -0.493 e. The molecule has 0 amide bonds. The first-order valence-corrected chi connectivity index (χ1v) is 9.85. The molecule has 8 heteroatoms. The lowest BCUT2D eigenvalue weighted by Gasteiger charge is -2.33. The predicted molar refractivity (Wildman–Crippen MR) is 120 cm³/mol. The van der Waals surface area contributed by atoms with Gasteiger partial charge in [-0.1, -0.05) is 18.2 Å². The average Bonchev–Trinajstić information content (AvgIpc) is 3.39. The summed E-state index contributed by atoms with van der Waals surface area (Å²) in [5.41, 5.74) is 1.18. The summed E-state index contributed by atoms with van der Waals surface area (Å²) < 4.78 is 6.02. The third kappa shape index (κ3) is 5.36. The third-order valence-corrected chi connectivity index (χ3v) is 5.41.